The van der Waals surface area contributed by atoms with Crippen LogP contribution in [0, 0.1) is 5.92 Å². The van der Waals surface area contributed by atoms with Crippen molar-refractivity contribution in [3.05, 3.63) is 33.7 Å². The zero-order valence-corrected chi connectivity index (χ0v) is 11.6. The first-order chi connectivity index (χ1) is 9.74. The van der Waals surface area contributed by atoms with Crippen molar-refractivity contribution in [2.24, 2.45) is 5.92 Å². The van der Waals surface area contributed by atoms with Gasteiger partial charge in [0.25, 0.3) is 0 Å². The number of rotatable bonds is 3. The Hall–Kier alpha value is -1.82. The van der Waals surface area contributed by atoms with Gasteiger partial charge in [0.2, 0.25) is 0 Å². The Bertz CT molecular complexity index is 604. The van der Waals surface area contributed by atoms with Gasteiger partial charge in [-0.3, -0.25) is 4.90 Å². The summed E-state index contributed by atoms with van der Waals surface area (Å²) in [6.45, 7) is 0.911. The van der Waals surface area contributed by atoms with Gasteiger partial charge in [-0.05, 0) is 30.2 Å². The normalized spacial score (nSPS) is 25.6. The Kier molecular flexibility index (Phi) is 2.60. The van der Waals surface area contributed by atoms with E-state index in [4.69, 9.17) is 4.74 Å². The van der Waals surface area contributed by atoms with Gasteiger partial charge in [0.05, 0.1) is 17.3 Å². The fourth-order valence-electron chi connectivity index (χ4n) is 2.73. The Morgan fingerprint density at radius 1 is 1.40 bits per heavy atom. The molecular weight excluding hydrogens is 276 g/mol. The van der Waals surface area contributed by atoms with Gasteiger partial charge in [-0.1, -0.05) is 6.07 Å². The highest BCUT2D eigenvalue weighted by Gasteiger charge is 2.43. The minimum atomic E-state index is -0.358. The predicted molar refractivity (Wildman–Crippen MR) is 73.0 cm³/mol. The van der Waals surface area contributed by atoms with Crippen LogP contribution in [0.3, 0.4) is 0 Å². The van der Waals surface area contributed by atoms with Crippen LogP contribution in [0.15, 0.2) is 28.8 Å². The zero-order chi connectivity index (χ0) is 13.7. The molecule has 0 spiro atoms. The molecule has 6 heteroatoms. The van der Waals surface area contributed by atoms with Gasteiger partial charge in [-0.2, -0.15) is 0 Å². The van der Waals surface area contributed by atoms with Gasteiger partial charge >= 0.3 is 12.0 Å². The molecule has 1 aromatic heterocycles. The summed E-state index contributed by atoms with van der Waals surface area (Å²) < 4.78 is 5.17. The molecule has 1 aromatic rings. The number of cyclic esters (lactones) is 1. The van der Waals surface area contributed by atoms with Gasteiger partial charge in [0.1, 0.15) is 6.61 Å². The first-order valence-electron chi connectivity index (χ1n) is 6.75. The van der Waals surface area contributed by atoms with Crippen LogP contribution in [-0.2, 0) is 9.53 Å². The third-order valence-corrected chi connectivity index (χ3v) is 4.90. The molecule has 4 rings (SSSR count). The van der Waals surface area contributed by atoms with Gasteiger partial charge in [-0.15, -0.1) is 11.3 Å². The molecule has 0 aromatic carbocycles. The summed E-state index contributed by atoms with van der Waals surface area (Å²) in [6.07, 6.45) is 2.32. The van der Waals surface area contributed by atoms with E-state index in [0.29, 0.717) is 18.0 Å². The van der Waals surface area contributed by atoms with Crippen LogP contribution >= 0.6 is 11.3 Å². The van der Waals surface area contributed by atoms with Crippen LogP contribution in [-0.4, -0.2) is 30.1 Å². The fourth-order valence-corrected chi connectivity index (χ4v) is 3.52. The minimum absolute atomic E-state index is 0.118. The molecule has 0 bridgehead atoms. The minimum Gasteiger partial charge on any atom is -0.456 e. The molecule has 104 valence electrons. The first kappa shape index (κ1) is 12.0. The van der Waals surface area contributed by atoms with Crippen LogP contribution in [0.2, 0.25) is 0 Å². The third-order valence-electron chi connectivity index (χ3n) is 3.96. The molecule has 2 amide bonds. The second kappa shape index (κ2) is 4.34. The quantitative estimate of drug-likeness (QED) is 0.867. The molecule has 1 saturated carbocycles. The average Bonchev–Trinajstić information content (AvgIpc) is 2.94. The van der Waals surface area contributed by atoms with E-state index in [9.17, 15) is 9.59 Å². The van der Waals surface area contributed by atoms with E-state index < -0.39 is 0 Å². The monoisotopic (exact) mass is 290 g/mol. The third kappa shape index (κ3) is 1.83. The standard InChI is InChI=1S/C14H14N2O3S/c17-13-11-9(7-19-13)16(6-8-3-4-8)14(18)15-12(11)10-2-1-5-20-10/h1-2,5,8,12H,3-4,6-7H2,(H,15,18)/t12-/m1/s1. The van der Waals surface area contributed by atoms with Crippen molar-refractivity contribution in [3.63, 3.8) is 0 Å². The Balaban J connectivity index is 1.74. The topological polar surface area (TPSA) is 58.6 Å². The second-order valence-corrected chi connectivity index (χ2v) is 6.37. The van der Waals surface area contributed by atoms with E-state index >= 15 is 0 Å². The van der Waals surface area contributed by atoms with E-state index in [1.807, 2.05) is 17.5 Å². The number of esters is 1. The molecule has 2 aliphatic heterocycles. The maximum atomic E-state index is 12.3. The largest absolute Gasteiger partial charge is 0.456 e. The van der Waals surface area contributed by atoms with Crippen LogP contribution in [0.25, 0.3) is 0 Å². The molecule has 0 radical (unpaired) electrons. The summed E-state index contributed by atoms with van der Waals surface area (Å²) in [7, 11) is 0. The van der Waals surface area contributed by atoms with Crippen molar-refractivity contribution in [1.82, 2.24) is 10.2 Å². The number of nitrogens with zero attached hydrogens (tertiary/aromatic N) is 1. The predicted octanol–water partition coefficient (Wildman–Crippen LogP) is 2.04. The smallest absolute Gasteiger partial charge is 0.338 e. The molecule has 0 unspecified atom stereocenters. The summed E-state index contributed by atoms with van der Waals surface area (Å²) in [5, 5.41) is 4.89. The highest BCUT2D eigenvalue weighted by Crippen LogP contribution is 2.39. The summed E-state index contributed by atoms with van der Waals surface area (Å²) >= 11 is 1.53. The number of hydrogen-bond acceptors (Lipinski definition) is 4. The fraction of sp³-hybridized carbons (Fsp3) is 0.429. The van der Waals surface area contributed by atoms with E-state index in [-0.39, 0.29) is 24.6 Å². The second-order valence-electron chi connectivity index (χ2n) is 5.39. The van der Waals surface area contributed by atoms with Gasteiger partial charge in [0, 0.05) is 11.4 Å². The van der Waals surface area contributed by atoms with Crippen molar-refractivity contribution in [2.45, 2.75) is 18.9 Å². The molecule has 3 aliphatic rings. The molecular formula is C14H14N2O3S. The number of nitrogens with one attached hydrogen (secondary N) is 1. The number of carbonyl (C=O) groups excluding carboxylic acids is 2. The van der Waals surface area contributed by atoms with Crippen LogP contribution < -0.4 is 5.32 Å². The van der Waals surface area contributed by atoms with Crippen molar-refractivity contribution in [2.75, 3.05) is 13.2 Å². The number of hydrogen-bond donors (Lipinski definition) is 1. The molecule has 3 heterocycles. The van der Waals surface area contributed by atoms with Crippen molar-refractivity contribution < 1.29 is 14.3 Å². The van der Waals surface area contributed by atoms with Crippen molar-refractivity contribution >= 4 is 23.3 Å². The maximum absolute atomic E-state index is 12.3. The molecule has 0 saturated heterocycles. The lowest BCUT2D eigenvalue weighted by Gasteiger charge is -2.32. The Morgan fingerprint density at radius 2 is 2.25 bits per heavy atom. The molecule has 1 N–H and O–H groups in total. The average molecular weight is 290 g/mol. The number of ether oxygens (including phenoxy) is 1. The van der Waals surface area contributed by atoms with E-state index in [0.717, 1.165) is 23.4 Å². The highest BCUT2D eigenvalue weighted by molar-refractivity contribution is 7.10. The van der Waals surface area contributed by atoms with Gasteiger partial charge in [-0.25, -0.2) is 9.59 Å². The zero-order valence-electron chi connectivity index (χ0n) is 10.8. The molecule has 1 aliphatic carbocycles. The summed E-state index contributed by atoms with van der Waals surface area (Å²) in [5.74, 6) is 0.266. The molecule has 1 atom stereocenters. The summed E-state index contributed by atoms with van der Waals surface area (Å²) in [4.78, 5) is 27.0. The van der Waals surface area contributed by atoms with Crippen LogP contribution in [0.4, 0.5) is 4.79 Å². The van der Waals surface area contributed by atoms with Crippen LogP contribution in [0.5, 0.6) is 0 Å². The number of carbonyl (C=O) groups is 2. The van der Waals surface area contributed by atoms with Crippen LogP contribution in [0.1, 0.15) is 23.8 Å². The SMILES string of the molecule is O=C1OCC2=C1[C@@H](c1cccs1)NC(=O)N2CC1CC1. The molecule has 20 heavy (non-hydrogen) atoms. The van der Waals surface area contributed by atoms with E-state index in [1.165, 1.54) is 11.3 Å². The maximum Gasteiger partial charge on any atom is 0.338 e. The van der Waals surface area contributed by atoms with Gasteiger partial charge in [0.15, 0.2) is 0 Å². The first-order valence-corrected chi connectivity index (χ1v) is 7.63. The molecule has 5 nitrogen and oxygen atoms in total. The van der Waals surface area contributed by atoms with Crippen molar-refractivity contribution in [1.29, 1.82) is 0 Å². The van der Waals surface area contributed by atoms with Gasteiger partial charge < -0.3 is 10.1 Å². The summed E-state index contributed by atoms with van der Waals surface area (Å²) in [6, 6.07) is 3.38. The number of amides is 2. The lowest BCUT2D eigenvalue weighted by Crippen LogP contribution is -2.47. The lowest BCUT2D eigenvalue weighted by molar-refractivity contribution is -0.136. The van der Waals surface area contributed by atoms with E-state index in [1.54, 1.807) is 4.90 Å². The summed E-state index contributed by atoms with van der Waals surface area (Å²) in [5.41, 5.74) is 1.36. The lowest BCUT2D eigenvalue weighted by atomic mass is 10.0. The number of urea groups is 1. The molecule has 1 fully saturated rings. The Labute approximate surface area is 120 Å². The highest BCUT2D eigenvalue weighted by atomic mass is 32.1. The Morgan fingerprint density at radius 3 is 2.95 bits per heavy atom. The van der Waals surface area contributed by atoms with Crippen molar-refractivity contribution in [3.8, 4) is 0 Å². The number of thiophene rings is 1. The van der Waals surface area contributed by atoms with E-state index in [2.05, 4.69) is 5.32 Å².